The van der Waals surface area contributed by atoms with Crippen molar-refractivity contribution in [1.82, 2.24) is 0 Å². The Morgan fingerprint density at radius 3 is 1.82 bits per heavy atom. The lowest BCUT2D eigenvalue weighted by molar-refractivity contribution is -0.126. The predicted octanol–water partition coefficient (Wildman–Crippen LogP) is 5.57. The molecule has 0 aromatic heterocycles. The first kappa shape index (κ1) is 29.0. The molecule has 45 heavy (non-hydrogen) atoms. The molecule has 6 atom stereocenters. The van der Waals surface area contributed by atoms with Crippen LogP contribution in [0.3, 0.4) is 0 Å². The van der Waals surface area contributed by atoms with Crippen molar-refractivity contribution >= 4 is 35.0 Å². The van der Waals surface area contributed by atoms with Crippen LogP contribution in [-0.4, -0.2) is 35.8 Å². The van der Waals surface area contributed by atoms with Gasteiger partial charge in [0.25, 0.3) is 0 Å². The lowest BCUT2D eigenvalue weighted by atomic mass is 9.57. The van der Waals surface area contributed by atoms with Gasteiger partial charge in [0.1, 0.15) is 0 Å². The normalized spacial score (nSPS) is 27.3. The molecule has 2 saturated heterocycles. The standard InChI is InChI=1S/C37H36N2O6/c1-4-20-6-11-23(12-7-20)38-34(41)26-16-15-25-27(32(26)36(38)43)19-28-33(31(25)22-10-17-29(40)30(18-22)45-3)37(44)39(35(28)42)24-13-8-21(5-2)9-14-24/h6-15,17-18,26-28,31-33,40H,4-5,16,19H2,1-3H3. The van der Waals surface area contributed by atoms with Gasteiger partial charge in [-0.3, -0.25) is 29.0 Å². The zero-order valence-corrected chi connectivity index (χ0v) is 25.6. The summed E-state index contributed by atoms with van der Waals surface area (Å²) >= 11 is 0. The van der Waals surface area contributed by atoms with Crippen molar-refractivity contribution in [3.63, 3.8) is 0 Å². The summed E-state index contributed by atoms with van der Waals surface area (Å²) in [5, 5.41) is 10.4. The molecule has 230 valence electrons. The molecule has 4 amide bonds. The highest BCUT2D eigenvalue weighted by molar-refractivity contribution is 6.24. The van der Waals surface area contributed by atoms with Crippen LogP contribution in [0.2, 0.25) is 0 Å². The van der Waals surface area contributed by atoms with Crippen molar-refractivity contribution in [1.29, 1.82) is 0 Å². The van der Waals surface area contributed by atoms with E-state index in [1.807, 2.05) is 61.5 Å². The van der Waals surface area contributed by atoms with Crippen molar-refractivity contribution in [2.75, 3.05) is 16.9 Å². The minimum atomic E-state index is -0.693. The van der Waals surface area contributed by atoms with Crippen molar-refractivity contribution < 1.29 is 29.0 Å². The second kappa shape index (κ2) is 11.0. The maximum Gasteiger partial charge on any atom is 0.238 e. The van der Waals surface area contributed by atoms with Gasteiger partial charge >= 0.3 is 0 Å². The summed E-state index contributed by atoms with van der Waals surface area (Å²) in [7, 11) is 1.46. The summed E-state index contributed by atoms with van der Waals surface area (Å²) in [5.41, 5.74) is 4.93. The molecule has 4 aliphatic rings. The van der Waals surface area contributed by atoms with E-state index in [9.17, 15) is 24.3 Å². The van der Waals surface area contributed by atoms with Gasteiger partial charge in [0.15, 0.2) is 11.5 Å². The topological polar surface area (TPSA) is 104 Å². The molecular weight excluding hydrogens is 568 g/mol. The molecule has 8 heteroatoms. The van der Waals surface area contributed by atoms with Gasteiger partial charge in [-0.05, 0) is 84.7 Å². The number of amides is 4. The van der Waals surface area contributed by atoms with Gasteiger partial charge < -0.3 is 9.84 Å². The van der Waals surface area contributed by atoms with E-state index in [2.05, 4.69) is 6.92 Å². The first-order valence-corrected chi connectivity index (χ1v) is 15.8. The van der Waals surface area contributed by atoms with Gasteiger partial charge in [0.2, 0.25) is 23.6 Å². The molecule has 0 spiro atoms. The number of benzene rings is 3. The Hall–Kier alpha value is -4.72. The second-order valence-electron chi connectivity index (χ2n) is 12.5. The van der Waals surface area contributed by atoms with Crippen LogP contribution in [0.15, 0.2) is 78.4 Å². The van der Waals surface area contributed by atoms with Gasteiger partial charge in [-0.25, -0.2) is 0 Å². The molecule has 7 rings (SSSR count). The zero-order chi connectivity index (χ0) is 31.6. The van der Waals surface area contributed by atoms with Gasteiger partial charge in [-0.1, -0.05) is 55.8 Å². The first-order valence-electron chi connectivity index (χ1n) is 15.8. The van der Waals surface area contributed by atoms with Crippen LogP contribution in [0.25, 0.3) is 0 Å². The Morgan fingerprint density at radius 1 is 0.711 bits per heavy atom. The summed E-state index contributed by atoms with van der Waals surface area (Å²) < 4.78 is 5.43. The number of carbonyl (C=O) groups excluding carboxylic acids is 4. The van der Waals surface area contributed by atoms with Crippen LogP contribution >= 0.6 is 0 Å². The van der Waals surface area contributed by atoms with Gasteiger partial charge in [-0.2, -0.15) is 0 Å². The molecule has 6 unspecified atom stereocenters. The average molecular weight is 605 g/mol. The summed E-state index contributed by atoms with van der Waals surface area (Å²) in [4.78, 5) is 59.1. The third-order valence-corrected chi connectivity index (χ3v) is 10.4. The number of carbonyl (C=O) groups is 4. The number of allylic oxidation sites excluding steroid dienone is 2. The summed E-state index contributed by atoms with van der Waals surface area (Å²) in [6.07, 6.45) is 4.39. The van der Waals surface area contributed by atoms with E-state index in [-0.39, 0.29) is 35.1 Å². The maximum atomic E-state index is 14.3. The minimum absolute atomic E-state index is 0.0318. The number of imide groups is 2. The average Bonchev–Trinajstić information content (AvgIpc) is 3.47. The molecule has 3 fully saturated rings. The van der Waals surface area contributed by atoms with Gasteiger partial charge in [0, 0.05) is 5.92 Å². The Balaban J connectivity index is 1.32. The van der Waals surface area contributed by atoms with Gasteiger partial charge in [-0.15, -0.1) is 0 Å². The van der Waals surface area contributed by atoms with Crippen molar-refractivity contribution in [3.8, 4) is 11.5 Å². The van der Waals surface area contributed by atoms with Crippen LogP contribution in [0.4, 0.5) is 11.4 Å². The molecule has 2 aliphatic heterocycles. The number of anilines is 2. The number of nitrogens with zero attached hydrogens (tertiary/aromatic N) is 2. The zero-order valence-electron chi connectivity index (χ0n) is 25.6. The molecule has 8 nitrogen and oxygen atoms in total. The molecule has 0 bridgehead atoms. The van der Waals surface area contributed by atoms with E-state index in [1.54, 1.807) is 12.1 Å². The highest BCUT2D eigenvalue weighted by Gasteiger charge is 2.62. The van der Waals surface area contributed by atoms with E-state index in [0.717, 1.165) is 35.1 Å². The van der Waals surface area contributed by atoms with E-state index in [0.29, 0.717) is 24.2 Å². The first-order chi connectivity index (χ1) is 21.8. The summed E-state index contributed by atoms with van der Waals surface area (Å²) in [6, 6.07) is 20.0. The number of hydrogen-bond donors (Lipinski definition) is 1. The number of aryl methyl sites for hydroxylation is 2. The highest BCUT2D eigenvalue weighted by Crippen LogP contribution is 2.58. The fourth-order valence-corrected chi connectivity index (χ4v) is 8.12. The fourth-order valence-electron chi connectivity index (χ4n) is 8.12. The monoisotopic (exact) mass is 604 g/mol. The number of phenolic OH excluding ortho intramolecular Hbond substituents is 1. The number of rotatable bonds is 6. The second-order valence-corrected chi connectivity index (χ2v) is 12.5. The molecule has 1 N–H and O–H groups in total. The largest absolute Gasteiger partial charge is 0.504 e. The van der Waals surface area contributed by atoms with Crippen molar-refractivity contribution in [2.45, 2.75) is 45.4 Å². The Kier molecular flexibility index (Phi) is 7.10. The quantitative estimate of drug-likeness (QED) is 0.292. The molecule has 3 aromatic carbocycles. The molecule has 0 radical (unpaired) electrons. The van der Waals surface area contributed by atoms with Crippen LogP contribution in [-0.2, 0) is 32.0 Å². The number of ether oxygens (including phenoxy) is 1. The summed E-state index contributed by atoms with van der Waals surface area (Å²) in [6.45, 7) is 4.10. The molecule has 2 aliphatic carbocycles. The molecule has 2 heterocycles. The lowest BCUT2D eigenvalue weighted by Gasteiger charge is -2.44. The lowest BCUT2D eigenvalue weighted by Crippen LogP contribution is -2.43. The Bertz CT molecular complexity index is 1740. The third kappa shape index (κ3) is 4.41. The summed E-state index contributed by atoms with van der Waals surface area (Å²) in [5.74, 6) is -4.26. The van der Waals surface area contributed by atoms with Gasteiger partial charge in [0.05, 0.1) is 42.2 Å². The van der Waals surface area contributed by atoms with E-state index in [4.69, 9.17) is 4.74 Å². The number of phenols is 1. The van der Waals surface area contributed by atoms with E-state index < -0.39 is 35.5 Å². The van der Waals surface area contributed by atoms with Crippen LogP contribution in [0.1, 0.15) is 49.3 Å². The van der Waals surface area contributed by atoms with Crippen LogP contribution < -0.4 is 14.5 Å². The fraction of sp³-hybridized carbons (Fsp3) is 0.351. The van der Waals surface area contributed by atoms with E-state index in [1.165, 1.54) is 23.0 Å². The highest BCUT2D eigenvalue weighted by atomic mass is 16.5. The van der Waals surface area contributed by atoms with E-state index >= 15 is 0 Å². The smallest absolute Gasteiger partial charge is 0.238 e. The maximum absolute atomic E-state index is 14.3. The Labute approximate surface area is 262 Å². The minimum Gasteiger partial charge on any atom is -0.504 e. The number of methoxy groups -OCH3 is 1. The number of hydrogen-bond acceptors (Lipinski definition) is 6. The molecule has 1 saturated carbocycles. The van der Waals surface area contributed by atoms with Crippen LogP contribution in [0, 0.1) is 29.6 Å². The van der Waals surface area contributed by atoms with Crippen molar-refractivity contribution in [2.24, 2.45) is 29.6 Å². The predicted molar refractivity (Wildman–Crippen MR) is 169 cm³/mol. The Morgan fingerprint density at radius 2 is 1.27 bits per heavy atom. The van der Waals surface area contributed by atoms with Crippen LogP contribution in [0.5, 0.6) is 11.5 Å². The van der Waals surface area contributed by atoms with Crippen molar-refractivity contribution in [3.05, 3.63) is 95.1 Å². The SMILES string of the molecule is CCc1ccc(N2C(=O)C3CC=C4C(CC5C(=O)N(c6ccc(CC)cc6)C(=O)C5C4c4ccc(O)c(OC)c4)C3C2=O)cc1. The molecule has 3 aromatic rings. The number of aromatic hydroxyl groups is 1. The number of fused-ring (bicyclic) bond motifs is 4. The third-order valence-electron chi connectivity index (χ3n) is 10.4. The molecular formula is C37H36N2O6.